The molecule has 0 unspecified atom stereocenters. The second kappa shape index (κ2) is 10.5. The Kier molecular flexibility index (Phi) is 6.99. The van der Waals surface area contributed by atoms with Crippen molar-refractivity contribution in [3.05, 3.63) is 84.4 Å². The number of hydrogen-bond donors (Lipinski definition) is 2. The van der Waals surface area contributed by atoms with Gasteiger partial charge in [-0.2, -0.15) is 0 Å². The summed E-state index contributed by atoms with van der Waals surface area (Å²) >= 11 is 0. The summed E-state index contributed by atoms with van der Waals surface area (Å²) in [5.74, 6) is 1.22. The Morgan fingerprint density at radius 3 is 2.31 bits per heavy atom. The van der Waals surface area contributed by atoms with Gasteiger partial charge in [-0.05, 0) is 54.6 Å². The van der Waals surface area contributed by atoms with Crippen molar-refractivity contribution in [3.8, 4) is 11.5 Å². The molecule has 2 amide bonds. The molecule has 164 valence electrons. The number of ether oxygens (including phenoxy) is 2. The van der Waals surface area contributed by atoms with Crippen LogP contribution in [-0.2, 0) is 9.53 Å². The lowest BCUT2D eigenvalue weighted by molar-refractivity contribution is -0.114. The minimum absolute atomic E-state index is 0.0285. The zero-order valence-corrected chi connectivity index (χ0v) is 17.6. The van der Waals surface area contributed by atoms with Gasteiger partial charge in [-0.3, -0.25) is 9.59 Å². The van der Waals surface area contributed by atoms with Crippen LogP contribution in [0.15, 0.2) is 78.9 Å². The highest BCUT2D eigenvalue weighted by atomic mass is 16.5. The van der Waals surface area contributed by atoms with Gasteiger partial charge in [-0.25, -0.2) is 0 Å². The van der Waals surface area contributed by atoms with Crippen LogP contribution in [0, 0.1) is 0 Å². The van der Waals surface area contributed by atoms with E-state index in [2.05, 4.69) is 10.6 Å². The van der Waals surface area contributed by atoms with E-state index in [1.165, 1.54) is 0 Å². The molecule has 1 aliphatic heterocycles. The van der Waals surface area contributed by atoms with E-state index < -0.39 is 0 Å². The monoisotopic (exact) mass is 431 g/mol. The molecule has 2 N–H and O–H groups in total. The fraction of sp³-hybridized carbons (Fsp3) is 0.200. The Morgan fingerprint density at radius 2 is 1.56 bits per heavy atom. The van der Waals surface area contributed by atoms with Crippen molar-refractivity contribution in [2.45, 2.75) is 0 Å². The molecule has 32 heavy (non-hydrogen) atoms. The zero-order chi connectivity index (χ0) is 22.2. The van der Waals surface area contributed by atoms with E-state index in [4.69, 9.17) is 9.47 Å². The van der Waals surface area contributed by atoms with Gasteiger partial charge in [0.1, 0.15) is 11.5 Å². The van der Waals surface area contributed by atoms with Crippen LogP contribution >= 0.6 is 0 Å². The number of para-hydroxylation sites is 1. The third-order valence-electron chi connectivity index (χ3n) is 4.98. The summed E-state index contributed by atoms with van der Waals surface area (Å²) in [4.78, 5) is 26.7. The van der Waals surface area contributed by atoms with Gasteiger partial charge in [0, 0.05) is 30.0 Å². The number of nitrogens with one attached hydrogen (secondary N) is 2. The fourth-order valence-electron chi connectivity index (χ4n) is 3.33. The lowest BCUT2D eigenvalue weighted by Crippen LogP contribution is -2.40. The molecule has 7 heteroatoms. The van der Waals surface area contributed by atoms with Crippen LogP contribution in [0.25, 0.3) is 0 Å². The second-order valence-electron chi connectivity index (χ2n) is 7.33. The summed E-state index contributed by atoms with van der Waals surface area (Å²) in [6.45, 7) is 2.38. The fourth-order valence-corrected chi connectivity index (χ4v) is 3.33. The summed E-state index contributed by atoms with van der Waals surface area (Å²) in [7, 11) is 0. The maximum absolute atomic E-state index is 12.6. The molecule has 0 atom stereocenters. The topological polar surface area (TPSA) is 79.9 Å². The number of benzene rings is 3. The highest BCUT2D eigenvalue weighted by molar-refractivity contribution is 5.96. The quantitative estimate of drug-likeness (QED) is 0.591. The summed E-state index contributed by atoms with van der Waals surface area (Å²) in [5.41, 5.74) is 1.98. The van der Waals surface area contributed by atoms with Gasteiger partial charge in [-0.1, -0.05) is 24.3 Å². The molecule has 0 radical (unpaired) electrons. The van der Waals surface area contributed by atoms with E-state index in [1.54, 1.807) is 47.4 Å². The molecule has 0 bridgehead atoms. The van der Waals surface area contributed by atoms with E-state index in [0.717, 1.165) is 5.75 Å². The first kappa shape index (κ1) is 21.4. The van der Waals surface area contributed by atoms with Gasteiger partial charge in [0.05, 0.1) is 19.8 Å². The molecule has 1 heterocycles. The number of carbonyl (C=O) groups excluding carboxylic acids is 2. The normalized spacial score (nSPS) is 13.3. The maximum atomic E-state index is 12.6. The number of hydrogen-bond acceptors (Lipinski definition) is 5. The highest BCUT2D eigenvalue weighted by Gasteiger charge is 2.18. The van der Waals surface area contributed by atoms with Gasteiger partial charge >= 0.3 is 0 Å². The van der Waals surface area contributed by atoms with Crippen molar-refractivity contribution in [2.24, 2.45) is 0 Å². The van der Waals surface area contributed by atoms with E-state index in [1.807, 2.05) is 36.4 Å². The summed E-state index contributed by atoms with van der Waals surface area (Å²) < 4.78 is 11.1. The lowest BCUT2D eigenvalue weighted by atomic mass is 10.1. The number of morpholine rings is 1. The molecule has 1 saturated heterocycles. The summed E-state index contributed by atoms with van der Waals surface area (Å²) in [6, 6.07) is 23.9. The summed E-state index contributed by atoms with van der Waals surface area (Å²) in [5, 5.41) is 5.92. The highest BCUT2D eigenvalue weighted by Crippen LogP contribution is 2.22. The largest absolute Gasteiger partial charge is 0.457 e. The van der Waals surface area contributed by atoms with Crippen molar-refractivity contribution in [1.29, 1.82) is 0 Å². The van der Waals surface area contributed by atoms with Crippen LogP contribution in [-0.4, -0.2) is 49.6 Å². The number of nitrogens with zero attached hydrogens (tertiary/aromatic N) is 1. The molecule has 1 fully saturated rings. The molecule has 7 nitrogen and oxygen atoms in total. The first-order valence-corrected chi connectivity index (χ1v) is 10.5. The molecule has 0 aromatic heterocycles. The predicted molar refractivity (Wildman–Crippen MR) is 123 cm³/mol. The molecular formula is C25H25N3O4. The van der Waals surface area contributed by atoms with Gasteiger partial charge in [-0.15, -0.1) is 0 Å². The SMILES string of the molecule is O=C(CNc1cccc(C(=O)N2CCOCC2)c1)Nc1ccc(Oc2ccccc2)cc1. The van der Waals surface area contributed by atoms with Crippen LogP contribution in [0.3, 0.4) is 0 Å². The average molecular weight is 431 g/mol. The van der Waals surface area contributed by atoms with E-state index >= 15 is 0 Å². The van der Waals surface area contributed by atoms with Crippen molar-refractivity contribution in [1.82, 2.24) is 4.90 Å². The first-order chi connectivity index (χ1) is 15.7. The van der Waals surface area contributed by atoms with Crippen LogP contribution in [0.2, 0.25) is 0 Å². The Hall–Kier alpha value is -3.84. The zero-order valence-electron chi connectivity index (χ0n) is 17.6. The predicted octanol–water partition coefficient (Wildman–Crippen LogP) is 4.00. The molecule has 3 aromatic carbocycles. The van der Waals surface area contributed by atoms with Crippen molar-refractivity contribution < 1.29 is 19.1 Å². The second-order valence-corrected chi connectivity index (χ2v) is 7.33. The van der Waals surface area contributed by atoms with Crippen molar-refractivity contribution in [2.75, 3.05) is 43.5 Å². The maximum Gasteiger partial charge on any atom is 0.254 e. The number of amides is 2. The van der Waals surface area contributed by atoms with Crippen LogP contribution in [0.5, 0.6) is 11.5 Å². The van der Waals surface area contributed by atoms with Crippen LogP contribution < -0.4 is 15.4 Å². The Labute approximate surface area is 187 Å². The lowest BCUT2D eigenvalue weighted by Gasteiger charge is -2.27. The van der Waals surface area contributed by atoms with Gasteiger partial charge < -0.3 is 25.0 Å². The van der Waals surface area contributed by atoms with Crippen molar-refractivity contribution in [3.63, 3.8) is 0 Å². The van der Waals surface area contributed by atoms with Gasteiger partial charge in [0.15, 0.2) is 0 Å². The van der Waals surface area contributed by atoms with E-state index in [0.29, 0.717) is 49.0 Å². The average Bonchev–Trinajstić information content (AvgIpc) is 2.85. The molecule has 1 aliphatic rings. The van der Waals surface area contributed by atoms with Gasteiger partial charge in [0.2, 0.25) is 5.91 Å². The smallest absolute Gasteiger partial charge is 0.254 e. The standard InChI is InChI=1S/C25H25N3O4/c29-24(27-20-9-11-23(12-10-20)32-22-7-2-1-3-8-22)18-26-21-6-4-5-19(17-21)25(30)28-13-15-31-16-14-28/h1-12,17,26H,13-16,18H2,(H,27,29). The van der Waals surface area contributed by atoms with Crippen molar-refractivity contribution >= 4 is 23.2 Å². The third kappa shape index (κ3) is 5.86. The van der Waals surface area contributed by atoms with Crippen LogP contribution in [0.4, 0.5) is 11.4 Å². The number of carbonyl (C=O) groups is 2. The molecular weight excluding hydrogens is 406 g/mol. The Bertz CT molecular complexity index is 1050. The van der Waals surface area contributed by atoms with Crippen LogP contribution in [0.1, 0.15) is 10.4 Å². The Morgan fingerprint density at radius 1 is 0.844 bits per heavy atom. The minimum Gasteiger partial charge on any atom is -0.457 e. The van der Waals surface area contributed by atoms with Gasteiger partial charge in [0.25, 0.3) is 5.91 Å². The first-order valence-electron chi connectivity index (χ1n) is 10.5. The summed E-state index contributed by atoms with van der Waals surface area (Å²) in [6.07, 6.45) is 0. The Balaban J connectivity index is 1.28. The molecule has 0 aliphatic carbocycles. The molecule has 0 saturated carbocycles. The van der Waals surface area contributed by atoms with E-state index in [9.17, 15) is 9.59 Å². The third-order valence-corrected chi connectivity index (χ3v) is 4.98. The number of rotatable bonds is 7. The molecule has 3 aromatic rings. The number of anilines is 2. The minimum atomic E-state index is -0.188. The molecule has 0 spiro atoms. The molecule has 4 rings (SSSR count). The van der Waals surface area contributed by atoms with E-state index in [-0.39, 0.29) is 18.4 Å².